The fourth-order valence-electron chi connectivity index (χ4n) is 3.48. The number of nitrogens with one attached hydrogen (secondary N) is 2. The summed E-state index contributed by atoms with van der Waals surface area (Å²) in [5, 5.41) is 8.92. The summed E-state index contributed by atoms with van der Waals surface area (Å²) in [5.74, 6) is 0.504. The lowest BCUT2D eigenvalue weighted by molar-refractivity contribution is 0.0177. The van der Waals surface area contributed by atoms with Gasteiger partial charge < -0.3 is 20.1 Å². The Balaban J connectivity index is 1.67. The molecule has 30 heavy (non-hydrogen) atoms. The lowest BCUT2D eigenvalue weighted by Crippen LogP contribution is -2.46. The first kappa shape index (κ1) is 22.7. The van der Waals surface area contributed by atoms with E-state index in [9.17, 15) is 4.39 Å². The van der Waals surface area contributed by atoms with Crippen LogP contribution in [0.4, 0.5) is 4.39 Å². The maximum absolute atomic E-state index is 13.8. The average Bonchev–Trinajstić information content (AvgIpc) is 3.29. The Morgan fingerprint density at radius 1 is 1.30 bits per heavy atom. The molecule has 8 heteroatoms. The van der Waals surface area contributed by atoms with Crippen molar-refractivity contribution < 1.29 is 13.9 Å². The van der Waals surface area contributed by atoms with Crippen molar-refractivity contribution in [1.29, 1.82) is 0 Å². The maximum Gasteiger partial charge on any atom is 0.191 e. The number of methoxy groups -OCH3 is 1. The number of aliphatic imine (C=N–C) groups is 1. The second-order valence-corrected chi connectivity index (χ2v) is 8.09. The topological polar surface area (TPSA) is 58.1 Å². The zero-order valence-corrected chi connectivity index (χ0v) is 18.5. The molecule has 1 aromatic heterocycles. The molecule has 1 fully saturated rings. The molecule has 0 saturated carbocycles. The van der Waals surface area contributed by atoms with E-state index in [0.29, 0.717) is 12.1 Å². The van der Waals surface area contributed by atoms with Gasteiger partial charge in [0, 0.05) is 43.7 Å². The van der Waals surface area contributed by atoms with Gasteiger partial charge in [-0.05, 0) is 36.1 Å². The number of halogens is 1. The SMILES string of the molecule is CCNC(=NCc1ccc(F)c(COC)c1)NCC(c1cccs1)N1CCOCC1. The quantitative estimate of drug-likeness (QED) is 0.469. The van der Waals surface area contributed by atoms with E-state index in [1.165, 1.54) is 10.9 Å². The fraction of sp³-hybridized carbons (Fsp3) is 0.500. The minimum absolute atomic E-state index is 0.251. The van der Waals surface area contributed by atoms with Crippen LogP contribution in [0.25, 0.3) is 0 Å². The molecule has 0 bridgehead atoms. The second-order valence-electron chi connectivity index (χ2n) is 7.11. The van der Waals surface area contributed by atoms with Crippen molar-refractivity contribution >= 4 is 17.3 Å². The van der Waals surface area contributed by atoms with Crippen molar-refractivity contribution in [3.05, 3.63) is 57.5 Å². The van der Waals surface area contributed by atoms with Gasteiger partial charge in [0.1, 0.15) is 5.82 Å². The molecule has 6 nitrogen and oxygen atoms in total. The first-order valence-corrected chi connectivity index (χ1v) is 11.2. The number of benzene rings is 1. The standard InChI is InChI=1S/C22H31FN4O2S/c1-3-24-22(25-14-17-6-7-19(23)18(13-17)16-28-2)26-15-20(21-5-4-12-30-21)27-8-10-29-11-9-27/h4-7,12-13,20H,3,8-11,14-16H2,1-2H3,(H2,24,25,26). The molecule has 2 aromatic rings. The molecule has 0 aliphatic carbocycles. The summed E-state index contributed by atoms with van der Waals surface area (Å²) in [7, 11) is 1.57. The van der Waals surface area contributed by atoms with E-state index in [2.05, 4.69) is 33.0 Å². The Bertz CT molecular complexity index is 794. The molecule has 2 heterocycles. The number of ether oxygens (including phenoxy) is 2. The van der Waals surface area contributed by atoms with Gasteiger partial charge in [-0.2, -0.15) is 0 Å². The highest BCUT2D eigenvalue weighted by Crippen LogP contribution is 2.25. The highest BCUT2D eigenvalue weighted by Gasteiger charge is 2.23. The first-order valence-electron chi connectivity index (χ1n) is 10.3. The number of morpholine rings is 1. The molecule has 1 aromatic carbocycles. The molecule has 1 saturated heterocycles. The van der Waals surface area contributed by atoms with E-state index < -0.39 is 0 Å². The van der Waals surface area contributed by atoms with Crippen LogP contribution in [0.3, 0.4) is 0 Å². The summed E-state index contributed by atoms with van der Waals surface area (Å²) in [6.07, 6.45) is 0. The minimum Gasteiger partial charge on any atom is -0.380 e. The molecule has 3 rings (SSSR count). The molecule has 1 aliphatic rings. The van der Waals surface area contributed by atoms with E-state index in [4.69, 9.17) is 14.5 Å². The number of hydrogen-bond acceptors (Lipinski definition) is 5. The van der Waals surface area contributed by atoms with Crippen LogP contribution >= 0.6 is 11.3 Å². The largest absolute Gasteiger partial charge is 0.380 e. The van der Waals surface area contributed by atoms with Crippen LogP contribution in [0.5, 0.6) is 0 Å². The molecule has 0 amide bonds. The van der Waals surface area contributed by atoms with E-state index >= 15 is 0 Å². The van der Waals surface area contributed by atoms with Crippen molar-refractivity contribution in [2.24, 2.45) is 4.99 Å². The van der Waals surface area contributed by atoms with Crippen molar-refractivity contribution in [3.63, 3.8) is 0 Å². The first-order chi connectivity index (χ1) is 14.7. The normalized spacial score (nSPS) is 16.4. The van der Waals surface area contributed by atoms with E-state index in [0.717, 1.165) is 50.9 Å². The predicted octanol–water partition coefficient (Wildman–Crippen LogP) is 3.16. The summed E-state index contributed by atoms with van der Waals surface area (Å²) in [5.41, 5.74) is 1.50. The van der Waals surface area contributed by atoms with E-state index in [1.807, 2.05) is 13.0 Å². The van der Waals surface area contributed by atoms with Crippen LogP contribution in [-0.2, 0) is 22.6 Å². The third kappa shape index (κ3) is 6.50. The van der Waals surface area contributed by atoms with Crippen molar-refractivity contribution in [2.45, 2.75) is 26.1 Å². The zero-order chi connectivity index (χ0) is 21.2. The third-order valence-electron chi connectivity index (χ3n) is 4.99. The minimum atomic E-state index is -0.251. The van der Waals surface area contributed by atoms with Crippen molar-refractivity contribution in [2.75, 3.05) is 46.5 Å². The zero-order valence-electron chi connectivity index (χ0n) is 17.7. The van der Waals surface area contributed by atoms with Gasteiger partial charge in [-0.25, -0.2) is 9.38 Å². The van der Waals surface area contributed by atoms with Gasteiger partial charge in [0.05, 0.1) is 32.4 Å². The lowest BCUT2D eigenvalue weighted by atomic mass is 10.1. The number of hydrogen-bond donors (Lipinski definition) is 2. The van der Waals surface area contributed by atoms with Gasteiger partial charge in [0.2, 0.25) is 0 Å². The summed E-state index contributed by atoms with van der Waals surface area (Å²) < 4.78 is 24.4. The number of guanidine groups is 1. The van der Waals surface area contributed by atoms with Crippen molar-refractivity contribution in [1.82, 2.24) is 15.5 Å². The van der Waals surface area contributed by atoms with Gasteiger partial charge in [-0.1, -0.05) is 12.1 Å². The van der Waals surface area contributed by atoms with Crippen molar-refractivity contribution in [3.8, 4) is 0 Å². The van der Waals surface area contributed by atoms with Gasteiger partial charge in [0.25, 0.3) is 0 Å². The van der Waals surface area contributed by atoms with Crippen LogP contribution in [-0.4, -0.2) is 57.4 Å². The highest BCUT2D eigenvalue weighted by molar-refractivity contribution is 7.10. The Morgan fingerprint density at radius 3 is 2.83 bits per heavy atom. The molecule has 0 radical (unpaired) electrons. The summed E-state index contributed by atoms with van der Waals surface area (Å²) in [4.78, 5) is 8.50. The Morgan fingerprint density at radius 2 is 2.13 bits per heavy atom. The van der Waals surface area contributed by atoms with Crippen LogP contribution in [0.1, 0.15) is 29.0 Å². The summed E-state index contributed by atoms with van der Waals surface area (Å²) >= 11 is 1.78. The Labute approximate surface area is 182 Å². The van der Waals surface area contributed by atoms with Gasteiger partial charge in [-0.3, -0.25) is 4.90 Å². The molecular weight excluding hydrogens is 403 g/mol. The highest BCUT2D eigenvalue weighted by atomic mass is 32.1. The second kappa shape index (κ2) is 12.0. The molecule has 2 N–H and O–H groups in total. The molecule has 1 aliphatic heterocycles. The van der Waals surface area contributed by atoms with Gasteiger partial charge >= 0.3 is 0 Å². The number of nitrogens with zero attached hydrogens (tertiary/aromatic N) is 2. The molecule has 0 spiro atoms. The molecule has 1 atom stereocenters. The summed E-state index contributed by atoms with van der Waals surface area (Å²) in [6, 6.07) is 9.62. The van der Waals surface area contributed by atoms with Crippen LogP contribution in [0.15, 0.2) is 40.7 Å². The average molecular weight is 435 g/mol. The maximum atomic E-state index is 13.8. The number of rotatable bonds is 9. The summed E-state index contributed by atoms with van der Waals surface area (Å²) in [6.45, 7) is 7.68. The van der Waals surface area contributed by atoms with Gasteiger partial charge in [0.15, 0.2) is 5.96 Å². The fourth-order valence-corrected chi connectivity index (χ4v) is 4.34. The van der Waals surface area contributed by atoms with Crippen LogP contribution in [0.2, 0.25) is 0 Å². The Hall–Kier alpha value is -2.00. The molecule has 164 valence electrons. The number of thiophene rings is 1. The molecular formula is C22H31FN4O2S. The Kier molecular flexibility index (Phi) is 9.07. The predicted molar refractivity (Wildman–Crippen MR) is 119 cm³/mol. The lowest BCUT2D eigenvalue weighted by Gasteiger charge is -2.34. The van der Waals surface area contributed by atoms with E-state index in [1.54, 1.807) is 24.5 Å². The van der Waals surface area contributed by atoms with E-state index in [-0.39, 0.29) is 18.5 Å². The van der Waals surface area contributed by atoms with Gasteiger partial charge in [-0.15, -0.1) is 11.3 Å². The monoisotopic (exact) mass is 434 g/mol. The molecule has 1 unspecified atom stereocenters. The third-order valence-corrected chi connectivity index (χ3v) is 5.97. The van der Waals surface area contributed by atoms with Crippen LogP contribution in [0, 0.1) is 5.82 Å². The van der Waals surface area contributed by atoms with Crippen LogP contribution < -0.4 is 10.6 Å². The smallest absolute Gasteiger partial charge is 0.191 e.